The van der Waals surface area contributed by atoms with Crippen molar-refractivity contribution in [2.75, 3.05) is 26.2 Å². The fraction of sp³-hybridized carbons (Fsp3) is 0.923. The number of nitrogens with zero attached hydrogens (tertiary/aromatic N) is 1. The van der Waals surface area contributed by atoms with Gasteiger partial charge in [0.25, 0.3) is 0 Å². The van der Waals surface area contributed by atoms with Crippen LogP contribution in [-0.4, -0.2) is 37.1 Å². The van der Waals surface area contributed by atoms with Crippen molar-refractivity contribution in [1.82, 2.24) is 10.2 Å². The van der Waals surface area contributed by atoms with E-state index in [1.807, 2.05) is 4.90 Å². The highest BCUT2D eigenvalue weighted by Gasteiger charge is 2.41. The van der Waals surface area contributed by atoms with Crippen molar-refractivity contribution in [3.05, 3.63) is 0 Å². The number of carbonyl (C=O) groups excluding carboxylic acids is 1. The first kappa shape index (κ1) is 12.7. The molecule has 0 bridgehead atoms. The molecule has 98 valence electrons. The average Bonchev–Trinajstić information content (AvgIpc) is 3.07. The molecule has 4 heteroatoms. The topological polar surface area (TPSA) is 58.4 Å². The van der Waals surface area contributed by atoms with Crippen LogP contribution >= 0.6 is 0 Å². The lowest BCUT2D eigenvalue weighted by Gasteiger charge is -2.31. The molecule has 1 heterocycles. The molecule has 2 aliphatic rings. The fourth-order valence-electron chi connectivity index (χ4n) is 2.75. The molecule has 1 saturated heterocycles. The minimum atomic E-state index is 0.125. The van der Waals surface area contributed by atoms with Crippen LogP contribution in [-0.2, 0) is 0 Å². The second-order valence-corrected chi connectivity index (χ2v) is 5.89. The van der Waals surface area contributed by atoms with Crippen LogP contribution in [0.1, 0.15) is 39.0 Å². The monoisotopic (exact) mass is 239 g/mol. The lowest BCUT2D eigenvalue weighted by atomic mass is 10.0. The molecule has 0 radical (unpaired) electrons. The molecule has 0 aromatic carbocycles. The van der Waals surface area contributed by atoms with Crippen molar-refractivity contribution in [1.29, 1.82) is 0 Å². The van der Waals surface area contributed by atoms with E-state index in [9.17, 15) is 4.79 Å². The number of carbonyl (C=O) groups is 1. The Hall–Kier alpha value is -0.770. The minimum Gasteiger partial charge on any atom is -0.337 e. The summed E-state index contributed by atoms with van der Waals surface area (Å²) in [4.78, 5) is 14.0. The Balaban J connectivity index is 1.73. The zero-order valence-corrected chi connectivity index (χ0v) is 10.9. The number of nitrogens with two attached hydrogens (primary N) is 1. The zero-order chi connectivity index (χ0) is 12.3. The summed E-state index contributed by atoms with van der Waals surface area (Å²) < 4.78 is 0. The Morgan fingerprint density at radius 2 is 2.29 bits per heavy atom. The smallest absolute Gasteiger partial charge is 0.317 e. The van der Waals surface area contributed by atoms with Gasteiger partial charge in [-0.1, -0.05) is 6.92 Å². The van der Waals surface area contributed by atoms with Crippen LogP contribution in [0, 0.1) is 11.3 Å². The first-order valence-corrected chi connectivity index (χ1v) is 6.88. The first-order valence-electron chi connectivity index (χ1n) is 6.88. The number of nitrogens with one attached hydrogen (secondary N) is 1. The molecule has 2 rings (SSSR count). The maximum atomic E-state index is 12.0. The Labute approximate surface area is 104 Å². The molecule has 1 aliphatic heterocycles. The summed E-state index contributed by atoms with van der Waals surface area (Å²) in [5.41, 5.74) is 5.94. The van der Waals surface area contributed by atoms with Gasteiger partial charge in [-0.05, 0) is 50.0 Å². The Bertz CT molecular complexity index is 276. The molecule has 1 saturated carbocycles. The molecule has 2 amide bonds. The van der Waals surface area contributed by atoms with Gasteiger partial charge < -0.3 is 16.0 Å². The van der Waals surface area contributed by atoms with Gasteiger partial charge in [-0.3, -0.25) is 0 Å². The van der Waals surface area contributed by atoms with Crippen molar-refractivity contribution in [3.8, 4) is 0 Å². The van der Waals surface area contributed by atoms with Gasteiger partial charge in [0.15, 0.2) is 0 Å². The third kappa shape index (κ3) is 3.35. The van der Waals surface area contributed by atoms with Crippen LogP contribution < -0.4 is 11.1 Å². The van der Waals surface area contributed by atoms with Gasteiger partial charge in [0.2, 0.25) is 0 Å². The van der Waals surface area contributed by atoms with Crippen molar-refractivity contribution < 1.29 is 4.79 Å². The average molecular weight is 239 g/mol. The number of likely N-dealkylation sites (tertiary alicyclic amines) is 1. The van der Waals surface area contributed by atoms with Crippen LogP contribution in [0.3, 0.4) is 0 Å². The third-order valence-electron chi connectivity index (χ3n) is 4.19. The van der Waals surface area contributed by atoms with Crippen LogP contribution in [0.2, 0.25) is 0 Å². The maximum absolute atomic E-state index is 12.0. The minimum absolute atomic E-state index is 0.125. The lowest BCUT2D eigenvalue weighted by Crippen LogP contribution is -2.46. The molecule has 1 atom stereocenters. The van der Waals surface area contributed by atoms with Gasteiger partial charge in [-0.25, -0.2) is 4.79 Å². The summed E-state index contributed by atoms with van der Waals surface area (Å²) in [5, 5.41) is 3.09. The largest absolute Gasteiger partial charge is 0.337 e. The molecule has 1 unspecified atom stereocenters. The van der Waals surface area contributed by atoms with Gasteiger partial charge in [0.05, 0.1) is 0 Å². The van der Waals surface area contributed by atoms with E-state index in [0.29, 0.717) is 11.3 Å². The second kappa shape index (κ2) is 5.25. The molecule has 0 aromatic heterocycles. The van der Waals surface area contributed by atoms with E-state index >= 15 is 0 Å². The number of rotatable bonds is 4. The predicted octanol–water partition coefficient (Wildman–Crippen LogP) is 1.56. The molecule has 1 aliphatic carbocycles. The zero-order valence-electron chi connectivity index (χ0n) is 10.9. The summed E-state index contributed by atoms with van der Waals surface area (Å²) in [5.74, 6) is 0.647. The summed E-state index contributed by atoms with van der Waals surface area (Å²) in [7, 11) is 0. The number of amides is 2. The van der Waals surface area contributed by atoms with E-state index in [1.165, 1.54) is 19.3 Å². The third-order valence-corrected chi connectivity index (χ3v) is 4.19. The van der Waals surface area contributed by atoms with Gasteiger partial charge >= 0.3 is 6.03 Å². The van der Waals surface area contributed by atoms with E-state index in [4.69, 9.17) is 5.73 Å². The van der Waals surface area contributed by atoms with E-state index in [1.54, 1.807) is 0 Å². The van der Waals surface area contributed by atoms with Crippen LogP contribution in [0.5, 0.6) is 0 Å². The van der Waals surface area contributed by atoms with Crippen LogP contribution in [0.4, 0.5) is 4.79 Å². The predicted molar refractivity (Wildman–Crippen MR) is 68.7 cm³/mol. The number of piperidine rings is 1. The summed E-state index contributed by atoms with van der Waals surface area (Å²) in [6.07, 6.45) is 5.88. The Morgan fingerprint density at radius 3 is 2.88 bits per heavy atom. The molecule has 0 aromatic rings. The van der Waals surface area contributed by atoms with Crippen LogP contribution in [0.15, 0.2) is 0 Å². The molecule has 4 nitrogen and oxygen atoms in total. The first-order chi connectivity index (χ1) is 8.15. The number of hydrogen-bond acceptors (Lipinski definition) is 2. The van der Waals surface area contributed by atoms with Gasteiger partial charge in [0.1, 0.15) is 0 Å². The normalized spacial score (nSPS) is 26.7. The van der Waals surface area contributed by atoms with E-state index in [0.717, 1.165) is 39.0 Å². The van der Waals surface area contributed by atoms with Crippen molar-refractivity contribution in [3.63, 3.8) is 0 Å². The summed E-state index contributed by atoms with van der Waals surface area (Å²) in [6, 6.07) is 0.125. The summed E-state index contributed by atoms with van der Waals surface area (Å²) in [6.45, 7) is 5.59. The van der Waals surface area contributed by atoms with Gasteiger partial charge in [-0.2, -0.15) is 0 Å². The highest BCUT2D eigenvalue weighted by atomic mass is 16.2. The second-order valence-electron chi connectivity index (χ2n) is 5.89. The molecule has 0 spiro atoms. The highest BCUT2D eigenvalue weighted by molar-refractivity contribution is 5.74. The van der Waals surface area contributed by atoms with Crippen molar-refractivity contribution in [2.45, 2.75) is 39.0 Å². The highest BCUT2D eigenvalue weighted by Crippen LogP contribution is 2.47. The maximum Gasteiger partial charge on any atom is 0.317 e. The van der Waals surface area contributed by atoms with Gasteiger partial charge in [-0.15, -0.1) is 0 Å². The molecule has 17 heavy (non-hydrogen) atoms. The standard InChI is InChI=1S/C13H25N3O/c1-11-3-2-8-16(9-11)12(17)15-10-13(4-5-13)6-7-14/h11H,2-10,14H2,1H3,(H,15,17). The number of urea groups is 1. The quantitative estimate of drug-likeness (QED) is 0.782. The SMILES string of the molecule is CC1CCCN(C(=O)NCC2(CCN)CC2)C1. The Morgan fingerprint density at radius 1 is 1.53 bits per heavy atom. The van der Waals surface area contributed by atoms with Crippen molar-refractivity contribution in [2.24, 2.45) is 17.1 Å². The number of hydrogen-bond donors (Lipinski definition) is 2. The fourth-order valence-corrected chi connectivity index (χ4v) is 2.75. The lowest BCUT2D eigenvalue weighted by molar-refractivity contribution is 0.167. The molecular formula is C13H25N3O. The summed E-state index contributed by atoms with van der Waals surface area (Å²) >= 11 is 0. The van der Waals surface area contributed by atoms with Crippen LogP contribution in [0.25, 0.3) is 0 Å². The van der Waals surface area contributed by atoms with Gasteiger partial charge in [0, 0.05) is 19.6 Å². The van der Waals surface area contributed by atoms with E-state index in [2.05, 4.69) is 12.2 Å². The van der Waals surface area contributed by atoms with E-state index < -0.39 is 0 Å². The Kier molecular flexibility index (Phi) is 3.92. The molecule has 2 fully saturated rings. The molecule has 3 N–H and O–H groups in total. The van der Waals surface area contributed by atoms with Crippen molar-refractivity contribution >= 4 is 6.03 Å². The molecular weight excluding hydrogens is 214 g/mol. The van der Waals surface area contributed by atoms with E-state index in [-0.39, 0.29) is 6.03 Å².